The molecule has 5 nitrogen and oxygen atoms in total. The number of nitrogens with zero attached hydrogens (tertiary/aromatic N) is 2. The van der Waals surface area contributed by atoms with E-state index in [2.05, 4.69) is 13.8 Å². The molecule has 28 heavy (non-hydrogen) atoms. The molecule has 1 aliphatic heterocycles. The topological polar surface area (TPSA) is 53.8 Å². The van der Waals surface area contributed by atoms with E-state index in [0.29, 0.717) is 44.3 Å². The lowest BCUT2D eigenvalue weighted by Crippen LogP contribution is -2.50. The van der Waals surface area contributed by atoms with Crippen molar-refractivity contribution in [2.75, 3.05) is 26.2 Å². The number of furan rings is 1. The highest BCUT2D eigenvalue weighted by atomic mass is 19.1. The van der Waals surface area contributed by atoms with Gasteiger partial charge in [-0.05, 0) is 48.1 Å². The lowest BCUT2D eigenvalue weighted by Gasteiger charge is -2.35. The summed E-state index contributed by atoms with van der Waals surface area (Å²) in [6.07, 6.45) is 2.75. The third kappa shape index (κ3) is 5.00. The summed E-state index contributed by atoms with van der Waals surface area (Å²) in [4.78, 5) is 28.8. The van der Waals surface area contributed by atoms with Crippen LogP contribution in [0.2, 0.25) is 0 Å². The maximum absolute atomic E-state index is 13.3. The zero-order chi connectivity index (χ0) is 20.1. The van der Waals surface area contributed by atoms with E-state index in [-0.39, 0.29) is 23.5 Å². The van der Waals surface area contributed by atoms with Gasteiger partial charge in [0.25, 0.3) is 5.91 Å². The number of rotatable bonds is 6. The average molecular weight is 386 g/mol. The first-order valence-electron chi connectivity index (χ1n) is 9.80. The summed E-state index contributed by atoms with van der Waals surface area (Å²) in [5.41, 5.74) is 0.995. The highest BCUT2D eigenvalue weighted by Crippen LogP contribution is 2.28. The fourth-order valence-electron chi connectivity index (χ4n) is 3.70. The summed E-state index contributed by atoms with van der Waals surface area (Å²) in [6, 6.07) is 9.79. The molecule has 0 radical (unpaired) electrons. The standard InChI is InChI=1S/C22H27FN2O3/c1-16(2)14-18(17-5-7-19(23)8-6-17)15-21(26)24-9-11-25(12-10-24)22(27)20-4-3-13-28-20/h3-8,13,16,18H,9-12,14-15H2,1-2H3. The van der Waals surface area contributed by atoms with Gasteiger partial charge in [-0.25, -0.2) is 4.39 Å². The Kier molecular flexibility index (Phi) is 6.49. The van der Waals surface area contributed by atoms with E-state index in [1.807, 2.05) is 4.90 Å². The van der Waals surface area contributed by atoms with Crippen LogP contribution >= 0.6 is 0 Å². The largest absolute Gasteiger partial charge is 0.459 e. The highest BCUT2D eigenvalue weighted by molar-refractivity contribution is 5.91. The molecule has 6 heteroatoms. The minimum absolute atomic E-state index is 0.0656. The summed E-state index contributed by atoms with van der Waals surface area (Å²) in [5, 5.41) is 0. The second kappa shape index (κ2) is 9.04. The van der Waals surface area contributed by atoms with Gasteiger partial charge in [0.2, 0.25) is 5.91 Å². The van der Waals surface area contributed by atoms with Crippen LogP contribution in [0, 0.1) is 11.7 Å². The molecule has 3 rings (SSSR count). The van der Waals surface area contributed by atoms with E-state index in [4.69, 9.17) is 4.42 Å². The van der Waals surface area contributed by atoms with Gasteiger partial charge in [0.1, 0.15) is 5.82 Å². The van der Waals surface area contributed by atoms with E-state index >= 15 is 0 Å². The van der Waals surface area contributed by atoms with E-state index < -0.39 is 0 Å². The molecule has 0 spiro atoms. The number of carbonyl (C=O) groups excluding carboxylic acids is 2. The molecule has 0 aliphatic carbocycles. The number of halogens is 1. The van der Waals surface area contributed by atoms with Crippen LogP contribution in [0.5, 0.6) is 0 Å². The first kappa shape index (κ1) is 20.1. The van der Waals surface area contributed by atoms with Gasteiger partial charge in [0.15, 0.2) is 5.76 Å². The molecular weight excluding hydrogens is 359 g/mol. The van der Waals surface area contributed by atoms with Crippen molar-refractivity contribution in [1.82, 2.24) is 9.80 Å². The van der Waals surface area contributed by atoms with Crippen LogP contribution in [0.4, 0.5) is 4.39 Å². The Balaban J connectivity index is 1.58. The molecule has 2 aromatic rings. The summed E-state index contributed by atoms with van der Waals surface area (Å²) >= 11 is 0. The molecule has 1 fully saturated rings. The Hall–Kier alpha value is -2.63. The second-order valence-corrected chi connectivity index (χ2v) is 7.73. The van der Waals surface area contributed by atoms with Crippen LogP contribution < -0.4 is 0 Å². The predicted octanol–water partition coefficient (Wildman–Crippen LogP) is 3.92. The van der Waals surface area contributed by atoms with E-state index in [9.17, 15) is 14.0 Å². The third-order valence-electron chi connectivity index (χ3n) is 5.17. The Bertz CT molecular complexity index is 779. The van der Waals surface area contributed by atoms with Crippen molar-refractivity contribution in [2.45, 2.75) is 32.6 Å². The molecule has 1 unspecified atom stereocenters. The maximum atomic E-state index is 13.3. The fraction of sp³-hybridized carbons (Fsp3) is 0.455. The molecule has 2 heterocycles. The molecule has 0 N–H and O–H groups in total. The Morgan fingerprint density at radius 3 is 2.25 bits per heavy atom. The van der Waals surface area contributed by atoms with Crippen molar-refractivity contribution in [2.24, 2.45) is 5.92 Å². The quantitative estimate of drug-likeness (QED) is 0.756. The lowest BCUT2D eigenvalue weighted by molar-refractivity contribution is -0.133. The van der Waals surface area contributed by atoms with E-state index in [0.717, 1.165) is 12.0 Å². The van der Waals surface area contributed by atoms with E-state index in [1.165, 1.54) is 18.4 Å². The molecule has 0 saturated carbocycles. The van der Waals surface area contributed by atoms with Crippen molar-refractivity contribution in [3.63, 3.8) is 0 Å². The minimum Gasteiger partial charge on any atom is -0.459 e. The van der Waals surface area contributed by atoms with Crippen LogP contribution in [-0.2, 0) is 4.79 Å². The van der Waals surface area contributed by atoms with Crippen LogP contribution in [0.15, 0.2) is 47.1 Å². The van der Waals surface area contributed by atoms with Crippen molar-refractivity contribution < 1.29 is 18.4 Å². The number of carbonyl (C=O) groups is 2. The number of hydrogen-bond donors (Lipinski definition) is 0. The SMILES string of the molecule is CC(C)CC(CC(=O)N1CCN(C(=O)c2ccco2)CC1)c1ccc(F)cc1. The highest BCUT2D eigenvalue weighted by Gasteiger charge is 2.27. The van der Waals surface area contributed by atoms with Crippen LogP contribution in [0.3, 0.4) is 0 Å². The van der Waals surface area contributed by atoms with Crippen LogP contribution in [-0.4, -0.2) is 47.8 Å². The Labute approximate surface area is 165 Å². The molecule has 1 aliphatic rings. The van der Waals surface area contributed by atoms with Gasteiger partial charge < -0.3 is 14.2 Å². The molecule has 150 valence electrons. The number of amides is 2. The summed E-state index contributed by atoms with van der Waals surface area (Å²) in [6.45, 7) is 6.28. The summed E-state index contributed by atoms with van der Waals surface area (Å²) in [7, 11) is 0. The lowest BCUT2D eigenvalue weighted by atomic mass is 9.87. The van der Waals surface area contributed by atoms with Crippen molar-refractivity contribution in [3.8, 4) is 0 Å². The Morgan fingerprint density at radius 2 is 1.68 bits per heavy atom. The summed E-state index contributed by atoms with van der Waals surface area (Å²) in [5.74, 6) is 0.506. The average Bonchev–Trinajstić information content (AvgIpc) is 3.22. The fourth-order valence-corrected chi connectivity index (χ4v) is 3.70. The zero-order valence-corrected chi connectivity index (χ0v) is 16.4. The molecule has 2 amide bonds. The van der Waals surface area contributed by atoms with E-state index in [1.54, 1.807) is 29.2 Å². The maximum Gasteiger partial charge on any atom is 0.289 e. The van der Waals surface area contributed by atoms with Gasteiger partial charge >= 0.3 is 0 Å². The minimum atomic E-state index is -0.268. The number of piperazine rings is 1. The normalized spacial score (nSPS) is 15.7. The molecule has 1 aromatic carbocycles. The predicted molar refractivity (Wildman–Crippen MR) is 104 cm³/mol. The first-order chi connectivity index (χ1) is 13.4. The molecule has 1 saturated heterocycles. The monoisotopic (exact) mass is 386 g/mol. The first-order valence-corrected chi connectivity index (χ1v) is 9.80. The van der Waals surface area contributed by atoms with Gasteiger partial charge in [0, 0.05) is 32.6 Å². The number of hydrogen-bond acceptors (Lipinski definition) is 3. The molecular formula is C22H27FN2O3. The van der Waals surface area contributed by atoms with Gasteiger partial charge in [0.05, 0.1) is 6.26 Å². The van der Waals surface area contributed by atoms with Crippen LogP contribution in [0.25, 0.3) is 0 Å². The third-order valence-corrected chi connectivity index (χ3v) is 5.17. The smallest absolute Gasteiger partial charge is 0.289 e. The van der Waals surface area contributed by atoms with Gasteiger partial charge in [-0.15, -0.1) is 0 Å². The molecule has 1 atom stereocenters. The molecule has 1 aromatic heterocycles. The molecule has 0 bridgehead atoms. The Morgan fingerprint density at radius 1 is 1.04 bits per heavy atom. The van der Waals surface area contributed by atoms with Gasteiger partial charge in [-0.2, -0.15) is 0 Å². The van der Waals surface area contributed by atoms with Gasteiger partial charge in [-0.1, -0.05) is 26.0 Å². The van der Waals surface area contributed by atoms with Gasteiger partial charge in [-0.3, -0.25) is 9.59 Å². The van der Waals surface area contributed by atoms with Crippen molar-refractivity contribution >= 4 is 11.8 Å². The second-order valence-electron chi connectivity index (χ2n) is 7.73. The zero-order valence-electron chi connectivity index (χ0n) is 16.4. The van der Waals surface area contributed by atoms with Crippen LogP contribution in [0.1, 0.15) is 48.7 Å². The number of benzene rings is 1. The summed E-state index contributed by atoms with van der Waals surface area (Å²) < 4.78 is 18.4. The van der Waals surface area contributed by atoms with Crippen molar-refractivity contribution in [3.05, 3.63) is 59.8 Å². The van der Waals surface area contributed by atoms with Crippen molar-refractivity contribution in [1.29, 1.82) is 0 Å².